The number of anilines is 1. The van der Waals surface area contributed by atoms with Gasteiger partial charge in [-0.25, -0.2) is 0 Å². The Kier molecular flexibility index (Phi) is 4.88. The average molecular weight is 290 g/mol. The Morgan fingerprint density at radius 1 is 1.38 bits per heavy atom. The number of nitrogens with two attached hydrogens (primary N) is 1. The molecule has 2 unspecified atom stereocenters. The van der Waals surface area contributed by atoms with E-state index in [1.54, 1.807) is 6.92 Å². The molecule has 0 saturated heterocycles. The molecule has 0 bridgehead atoms. The summed E-state index contributed by atoms with van der Waals surface area (Å²) in [5, 5.41) is 0. The van der Waals surface area contributed by atoms with Gasteiger partial charge >= 0.3 is 0 Å². The number of ether oxygens (including phenoxy) is 1. The lowest BCUT2D eigenvalue weighted by Gasteiger charge is -2.36. The Balaban J connectivity index is 2.35. The monoisotopic (exact) mass is 290 g/mol. The van der Waals surface area contributed by atoms with Gasteiger partial charge in [0, 0.05) is 12.1 Å². The topological polar surface area (TPSA) is 55.6 Å². The third kappa shape index (κ3) is 3.21. The molecule has 0 aromatic heterocycles. The Labute approximate surface area is 127 Å². The molecule has 0 saturated carbocycles. The molecule has 1 aromatic carbocycles. The van der Waals surface area contributed by atoms with Crippen LogP contribution in [0, 0.1) is 0 Å². The molecular weight excluding hydrogens is 264 g/mol. The van der Waals surface area contributed by atoms with Crippen LogP contribution < -0.4 is 15.4 Å². The predicted molar refractivity (Wildman–Crippen MR) is 85.6 cm³/mol. The third-order valence-electron chi connectivity index (χ3n) is 3.94. The third-order valence-corrected chi connectivity index (χ3v) is 3.94. The highest BCUT2D eigenvalue weighted by molar-refractivity contribution is 6.00. The number of hydrogen-bond acceptors (Lipinski definition) is 3. The van der Waals surface area contributed by atoms with Crippen molar-refractivity contribution in [1.29, 1.82) is 0 Å². The van der Waals surface area contributed by atoms with Crippen molar-refractivity contribution < 1.29 is 9.53 Å². The molecule has 2 atom stereocenters. The largest absolute Gasteiger partial charge is 0.479 e. The van der Waals surface area contributed by atoms with E-state index < -0.39 is 6.10 Å². The number of benzene rings is 1. The molecule has 0 radical (unpaired) electrons. The minimum absolute atomic E-state index is 0.0109. The van der Waals surface area contributed by atoms with Crippen LogP contribution in [0.2, 0.25) is 0 Å². The first kappa shape index (κ1) is 15.8. The SMILES string of the molecule is CCCCC(N)c1ccc2c(c1)N(C(C)C)C(=O)C(C)O2. The summed E-state index contributed by atoms with van der Waals surface area (Å²) in [6.07, 6.45) is 2.77. The van der Waals surface area contributed by atoms with Crippen LogP contribution in [0.5, 0.6) is 5.75 Å². The fourth-order valence-electron chi connectivity index (χ4n) is 2.73. The summed E-state index contributed by atoms with van der Waals surface area (Å²) in [5.41, 5.74) is 8.17. The number of nitrogens with zero attached hydrogens (tertiary/aromatic N) is 1. The zero-order chi connectivity index (χ0) is 15.6. The summed E-state index contributed by atoms with van der Waals surface area (Å²) in [6, 6.07) is 6.08. The van der Waals surface area contributed by atoms with E-state index in [0.29, 0.717) is 0 Å². The Hall–Kier alpha value is -1.55. The first-order valence-corrected chi connectivity index (χ1v) is 7.85. The first-order chi connectivity index (χ1) is 9.95. The van der Waals surface area contributed by atoms with Crippen LogP contribution in [0.15, 0.2) is 18.2 Å². The maximum absolute atomic E-state index is 12.4. The van der Waals surface area contributed by atoms with Gasteiger partial charge in [0.05, 0.1) is 5.69 Å². The van der Waals surface area contributed by atoms with E-state index in [1.165, 1.54) is 0 Å². The smallest absolute Gasteiger partial charge is 0.268 e. The van der Waals surface area contributed by atoms with Gasteiger partial charge in [-0.15, -0.1) is 0 Å². The lowest BCUT2D eigenvalue weighted by atomic mass is 10.00. The lowest BCUT2D eigenvalue weighted by Crippen LogP contribution is -2.47. The van der Waals surface area contributed by atoms with Gasteiger partial charge in [0.2, 0.25) is 0 Å². The highest BCUT2D eigenvalue weighted by Crippen LogP contribution is 2.37. The molecule has 4 nitrogen and oxygen atoms in total. The van der Waals surface area contributed by atoms with Gasteiger partial charge in [0.15, 0.2) is 6.10 Å². The van der Waals surface area contributed by atoms with Gasteiger partial charge in [-0.05, 0) is 44.9 Å². The normalized spacial score (nSPS) is 19.4. The van der Waals surface area contributed by atoms with E-state index in [1.807, 2.05) is 36.9 Å². The summed E-state index contributed by atoms with van der Waals surface area (Å²) >= 11 is 0. The molecule has 1 aromatic rings. The van der Waals surface area contributed by atoms with Gasteiger partial charge in [-0.3, -0.25) is 4.79 Å². The molecule has 2 N–H and O–H groups in total. The van der Waals surface area contributed by atoms with Crippen LogP contribution in [-0.4, -0.2) is 18.1 Å². The van der Waals surface area contributed by atoms with Crippen molar-refractivity contribution >= 4 is 11.6 Å². The number of hydrogen-bond donors (Lipinski definition) is 1. The highest BCUT2D eigenvalue weighted by atomic mass is 16.5. The van der Waals surface area contributed by atoms with Gasteiger partial charge < -0.3 is 15.4 Å². The Morgan fingerprint density at radius 2 is 2.10 bits per heavy atom. The predicted octanol–water partition coefficient (Wildman–Crippen LogP) is 3.40. The number of rotatable bonds is 5. The van der Waals surface area contributed by atoms with Gasteiger partial charge in [-0.2, -0.15) is 0 Å². The maximum Gasteiger partial charge on any atom is 0.268 e. The van der Waals surface area contributed by atoms with Crippen molar-refractivity contribution in [3.05, 3.63) is 23.8 Å². The number of carbonyl (C=O) groups is 1. The van der Waals surface area contributed by atoms with E-state index in [2.05, 4.69) is 6.92 Å². The summed E-state index contributed by atoms with van der Waals surface area (Å²) in [5.74, 6) is 0.777. The molecule has 4 heteroatoms. The van der Waals surface area contributed by atoms with E-state index in [9.17, 15) is 4.79 Å². The van der Waals surface area contributed by atoms with E-state index in [4.69, 9.17) is 10.5 Å². The molecular formula is C17H26N2O2. The lowest BCUT2D eigenvalue weighted by molar-refractivity contribution is -0.125. The zero-order valence-electron chi connectivity index (χ0n) is 13.4. The number of carbonyl (C=O) groups excluding carboxylic acids is 1. The second-order valence-electron chi connectivity index (χ2n) is 6.04. The van der Waals surface area contributed by atoms with Crippen molar-refractivity contribution in [3.8, 4) is 5.75 Å². The summed E-state index contributed by atoms with van der Waals surface area (Å²) < 4.78 is 5.71. The maximum atomic E-state index is 12.4. The van der Waals surface area contributed by atoms with Gasteiger partial charge in [-0.1, -0.05) is 25.8 Å². The molecule has 1 amide bonds. The Bertz CT molecular complexity index is 514. The van der Waals surface area contributed by atoms with E-state index >= 15 is 0 Å². The second kappa shape index (κ2) is 6.48. The van der Waals surface area contributed by atoms with Crippen LogP contribution >= 0.6 is 0 Å². The molecule has 116 valence electrons. The molecule has 0 fully saturated rings. The number of unbranched alkanes of at least 4 members (excludes halogenated alkanes) is 1. The highest BCUT2D eigenvalue weighted by Gasteiger charge is 2.33. The van der Waals surface area contributed by atoms with Crippen molar-refractivity contribution in [2.45, 2.75) is 65.1 Å². The average Bonchev–Trinajstić information content (AvgIpc) is 2.45. The minimum Gasteiger partial charge on any atom is -0.479 e. The molecule has 0 aliphatic carbocycles. The molecule has 0 spiro atoms. The molecule has 1 aliphatic rings. The van der Waals surface area contributed by atoms with Crippen LogP contribution in [0.3, 0.4) is 0 Å². The minimum atomic E-state index is -0.431. The number of amides is 1. The Morgan fingerprint density at radius 3 is 2.71 bits per heavy atom. The van der Waals surface area contributed by atoms with Crippen LogP contribution in [0.4, 0.5) is 5.69 Å². The summed E-state index contributed by atoms with van der Waals surface area (Å²) in [7, 11) is 0. The fraction of sp³-hybridized carbons (Fsp3) is 0.588. The molecule has 1 heterocycles. The standard InChI is InChI=1S/C17H26N2O2/c1-5-6-7-14(18)13-8-9-16-15(10-13)19(11(2)3)17(20)12(4)21-16/h8-12,14H,5-7,18H2,1-4H3. The number of fused-ring (bicyclic) bond motifs is 1. The van der Waals surface area contributed by atoms with Crippen molar-refractivity contribution in [1.82, 2.24) is 0 Å². The van der Waals surface area contributed by atoms with E-state index in [-0.39, 0.29) is 18.0 Å². The quantitative estimate of drug-likeness (QED) is 0.904. The van der Waals surface area contributed by atoms with Crippen LogP contribution in [-0.2, 0) is 4.79 Å². The van der Waals surface area contributed by atoms with Crippen molar-refractivity contribution in [2.24, 2.45) is 5.73 Å². The van der Waals surface area contributed by atoms with Gasteiger partial charge in [0.25, 0.3) is 5.91 Å². The molecule has 1 aliphatic heterocycles. The molecule has 21 heavy (non-hydrogen) atoms. The van der Waals surface area contributed by atoms with Gasteiger partial charge in [0.1, 0.15) is 5.75 Å². The first-order valence-electron chi connectivity index (χ1n) is 7.85. The van der Waals surface area contributed by atoms with Crippen molar-refractivity contribution in [3.63, 3.8) is 0 Å². The van der Waals surface area contributed by atoms with Crippen LogP contribution in [0.25, 0.3) is 0 Å². The fourth-order valence-corrected chi connectivity index (χ4v) is 2.73. The van der Waals surface area contributed by atoms with Crippen molar-refractivity contribution in [2.75, 3.05) is 4.90 Å². The van der Waals surface area contributed by atoms with E-state index in [0.717, 1.165) is 36.3 Å². The summed E-state index contributed by atoms with van der Waals surface area (Å²) in [6.45, 7) is 7.99. The second-order valence-corrected chi connectivity index (χ2v) is 6.04. The van der Waals surface area contributed by atoms with Crippen LogP contribution in [0.1, 0.15) is 58.6 Å². The summed E-state index contributed by atoms with van der Waals surface area (Å²) in [4.78, 5) is 14.2. The molecule has 2 rings (SSSR count). The zero-order valence-corrected chi connectivity index (χ0v) is 13.4.